The molecule has 1 aliphatic carbocycles. The number of aromatic nitrogens is 4. The van der Waals surface area contributed by atoms with E-state index in [0.717, 1.165) is 31.3 Å². The fraction of sp³-hybridized carbons (Fsp3) is 0.680. The molecule has 12 heteroatoms. The maximum Gasteiger partial charge on any atom is 0.514 e. The largest absolute Gasteiger partial charge is 0.514 e. The fourth-order valence-corrected chi connectivity index (χ4v) is 4.66. The lowest BCUT2D eigenvalue weighted by Crippen LogP contribution is -2.41. The van der Waals surface area contributed by atoms with E-state index in [1.54, 1.807) is 26.4 Å². The number of halogens is 1. The molecule has 1 saturated heterocycles. The highest BCUT2D eigenvalue weighted by molar-refractivity contribution is 6.61. The van der Waals surface area contributed by atoms with Crippen molar-refractivity contribution in [3.63, 3.8) is 0 Å². The van der Waals surface area contributed by atoms with Crippen molar-refractivity contribution in [1.82, 2.24) is 24.8 Å². The summed E-state index contributed by atoms with van der Waals surface area (Å²) < 4.78 is 20.5. The van der Waals surface area contributed by atoms with E-state index in [1.807, 2.05) is 32.3 Å². The van der Waals surface area contributed by atoms with Gasteiger partial charge >= 0.3 is 7.12 Å². The summed E-state index contributed by atoms with van der Waals surface area (Å²) >= 11 is 5.97. The number of nitrogens with one attached hydrogen (secondary N) is 1. The predicted octanol–water partition coefficient (Wildman–Crippen LogP) is 2.61. The van der Waals surface area contributed by atoms with E-state index in [9.17, 15) is 9.90 Å². The van der Waals surface area contributed by atoms with Crippen LogP contribution in [-0.2, 0) is 26.2 Å². The Morgan fingerprint density at radius 1 is 1.22 bits per heavy atom. The Labute approximate surface area is 223 Å². The molecule has 1 saturated carbocycles. The number of hydrogen-bond acceptors (Lipinski definition) is 8. The zero-order valence-corrected chi connectivity index (χ0v) is 23.2. The minimum Gasteiger partial charge on any atom is -0.398 e. The van der Waals surface area contributed by atoms with Crippen molar-refractivity contribution in [2.24, 2.45) is 0 Å². The van der Waals surface area contributed by atoms with Gasteiger partial charge in [-0.25, -0.2) is 15.0 Å². The lowest BCUT2D eigenvalue weighted by molar-refractivity contribution is 0.00578. The molecule has 2 N–H and O–H groups in total. The van der Waals surface area contributed by atoms with Gasteiger partial charge in [-0.05, 0) is 84.9 Å². The van der Waals surface area contributed by atoms with Crippen LogP contribution in [0.3, 0.4) is 0 Å². The molecule has 1 aliphatic heterocycles. The summed E-state index contributed by atoms with van der Waals surface area (Å²) in [6.07, 6.45) is 6.99. The molecule has 1 amide bonds. The van der Waals surface area contributed by atoms with Crippen molar-refractivity contribution in [3.8, 4) is 0 Å². The second-order valence-corrected chi connectivity index (χ2v) is 11.7. The molecular weight excluding hydrogens is 497 g/mol. The quantitative estimate of drug-likeness (QED) is 0.392. The first-order chi connectivity index (χ1) is 17.2. The summed E-state index contributed by atoms with van der Waals surface area (Å²) in [7, 11) is -0.462. The number of ether oxygens (including phenoxy) is 1. The van der Waals surface area contributed by atoms with Gasteiger partial charge in [-0.3, -0.25) is 4.79 Å². The summed E-state index contributed by atoms with van der Waals surface area (Å²) in [6, 6.07) is 1.50. The van der Waals surface area contributed by atoms with E-state index < -0.39 is 23.9 Å². The Hall–Kier alpha value is -2.05. The van der Waals surface area contributed by atoms with Gasteiger partial charge in [0, 0.05) is 18.8 Å². The highest BCUT2D eigenvalue weighted by Gasteiger charge is 2.52. The minimum absolute atomic E-state index is 0.0234. The van der Waals surface area contributed by atoms with Gasteiger partial charge < -0.3 is 29.0 Å². The Morgan fingerprint density at radius 2 is 1.86 bits per heavy atom. The SMILES string of the molecule is CC(C)(O)c1cc(C(=O)NC2CCC(OCCn3cncc3B3OC(C)(C)C(C)(C)O3)CC2)nc(Cl)n1. The maximum atomic E-state index is 12.7. The molecule has 0 atom stereocenters. The average molecular weight is 534 g/mol. The van der Waals surface area contributed by atoms with Crippen molar-refractivity contribution in [3.05, 3.63) is 35.3 Å². The minimum atomic E-state index is -1.22. The molecule has 2 aromatic heterocycles. The molecule has 2 aliphatic rings. The van der Waals surface area contributed by atoms with Gasteiger partial charge in [-0.2, -0.15) is 0 Å². The van der Waals surface area contributed by atoms with Crippen molar-refractivity contribution in [2.45, 2.75) is 103 Å². The second kappa shape index (κ2) is 10.6. The number of carbonyl (C=O) groups is 1. The van der Waals surface area contributed by atoms with Crippen LogP contribution in [0.15, 0.2) is 18.6 Å². The van der Waals surface area contributed by atoms with Crippen LogP contribution in [0.25, 0.3) is 0 Å². The molecule has 0 radical (unpaired) electrons. The number of carbonyl (C=O) groups excluding carboxylic acids is 1. The molecule has 0 aromatic carbocycles. The molecule has 0 unspecified atom stereocenters. The molecule has 0 spiro atoms. The zero-order chi connectivity index (χ0) is 27.0. The van der Waals surface area contributed by atoms with Crippen LogP contribution in [0.2, 0.25) is 5.28 Å². The van der Waals surface area contributed by atoms with E-state index in [0.29, 0.717) is 18.8 Å². The number of hydrogen-bond donors (Lipinski definition) is 2. The van der Waals surface area contributed by atoms with Crippen LogP contribution < -0.4 is 10.9 Å². The summed E-state index contributed by atoms with van der Waals surface area (Å²) in [5, 5.41) is 13.2. The van der Waals surface area contributed by atoms with E-state index >= 15 is 0 Å². The maximum absolute atomic E-state index is 12.7. The molecule has 3 heterocycles. The monoisotopic (exact) mass is 533 g/mol. The lowest BCUT2D eigenvalue weighted by atomic mass is 9.85. The lowest BCUT2D eigenvalue weighted by Gasteiger charge is -2.32. The zero-order valence-electron chi connectivity index (χ0n) is 22.5. The summed E-state index contributed by atoms with van der Waals surface area (Å²) in [4.78, 5) is 25.1. The fourth-order valence-electron chi connectivity index (χ4n) is 4.48. The average Bonchev–Trinajstić information content (AvgIpc) is 3.35. The second-order valence-electron chi connectivity index (χ2n) is 11.4. The molecule has 4 rings (SSSR count). The molecule has 10 nitrogen and oxygen atoms in total. The van der Waals surface area contributed by atoms with Gasteiger partial charge in [0.05, 0.1) is 41.5 Å². The van der Waals surface area contributed by atoms with Gasteiger partial charge in [0.15, 0.2) is 0 Å². The number of nitrogens with zero attached hydrogens (tertiary/aromatic N) is 4. The highest BCUT2D eigenvalue weighted by atomic mass is 35.5. The van der Waals surface area contributed by atoms with E-state index in [1.165, 1.54) is 6.07 Å². The third kappa shape index (κ3) is 6.51. The predicted molar refractivity (Wildman–Crippen MR) is 140 cm³/mol. The first-order valence-electron chi connectivity index (χ1n) is 12.8. The van der Waals surface area contributed by atoms with Crippen LogP contribution >= 0.6 is 11.6 Å². The van der Waals surface area contributed by atoms with Crippen LogP contribution in [-0.4, -0.2) is 67.6 Å². The Bertz CT molecular complexity index is 1100. The number of aliphatic hydroxyl groups is 1. The first kappa shape index (κ1) is 28.0. The topological polar surface area (TPSA) is 121 Å². The van der Waals surface area contributed by atoms with Crippen LogP contribution in [0.5, 0.6) is 0 Å². The van der Waals surface area contributed by atoms with Crippen LogP contribution in [0.1, 0.15) is 83.4 Å². The molecule has 37 heavy (non-hydrogen) atoms. The Balaban J connectivity index is 1.23. The summed E-state index contributed by atoms with van der Waals surface area (Å²) in [5.74, 6) is -0.325. The van der Waals surface area contributed by atoms with E-state index in [2.05, 4.69) is 20.3 Å². The van der Waals surface area contributed by atoms with Gasteiger partial charge in [-0.15, -0.1) is 0 Å². The Morgan fingerprint density at radius 3 is 2.49 bits per heavy atom. The molecule has 2 aromatic rings. The number of rotatable bonds is 8. The van der Waals surface area contributed by atoms with Crippen LogP contribution in [0, 0.1) is 0 Å². The van der Waals surface area contributed by atoms with Gasteiger partial charge in [-0.1, -0.05) is 0 Å². The van der Waals surface area contributed by atoms with Crippen LogP contribution in [0.4, 0.5) is 0 Å². The number of amides is 1. The van der Waals surface area contributed by atoms with Gasteiger partial charge in [0.1, 0.15) is 11.3 Å². The van der Waals surface area contributed by atoms with E-state index in [-0.39, 0.29) is 29.0 Å². The summed E-state index contributed by atoms with van der Waals surface area (Å²) in [6.45, 7) is 12.5. The molecular formula is C25H37BClN5O5. The third-order valence-electron chi connectivity index (χ3n) is 7.49. The van der Waals surface area contributed by atoms with Crippen molar-refractivity contribution in [2.75, 3.05) is 6.61 Å². The van der Waals surface area contributed by atoms with E-state index in [4.69, 9.17) is 25.6 Å². The molecule has 202 valence electrons. The normalized spacial score (nSPS) is 23.3. The van der Waals surface area contributed by atoms with Gasteiger partial charge in [0.2, 0.25) is 5.28 Å². The Kier molecular flexibility index (Phi) is 8.02. The van der Waals surface area contributed by atoms with Gasteiger partial charge in [0.25, 0.3) is 5.91 Å². The number of imidazole rings is 1. The summed E-state index contributed by atoms with van der Waals surface area (Å²) in [5.41, 5.74) is -0.711. The third-order valence-corrected chi connectivity index (χ3v) is 7.66. The highest BCUT2D eigenvalue weighted by Crippen LogP contribution is 2.36. The first-order valence-corrected chi connectivity index (χ1v) is 13.2. The van der Waals surface area contributed by atoms with Crippen molar-refractivity contribution >= 4 is 30.2 Å². The van der Waals surface area contributed by atoms with Crippen molar-refractivity contribution < 1.29 is 23.9 Å². The molecule has 2 fully saturated rings. The standard InChI is InChI=1S/C25H37BClN5O5/c1-23(2,34)19-13-18(30-22(27)31-19)21(33)29-16-7-9-17(10-8-16)35-12-11-32-15-28-14-20(32)26-36-24(3,4)25(5,6)37-26/h13-17,34H,7-12H2,1-6H3,(H,29,33). The smallest absolute Gasteiger partial charge is 0.398 e. The van der Waals surface area contributed by atoms with Crippen molar-refractivity contribution in [1.29, 1.82) is 0 Å². The molecule has 0 bridgehead atoms.